The van der Waals surface area contributed by atoms with Crippen LogP contribution in [0.5, 0.6) is 11.5 Å². The first-order chi connectivity index (χ1) is 13.2. The van der Waals surface area contributed by atoms with Crippen LogP contribution in [0.4, 0.5) is 10.5 Å². The molecule has 0 radical (unpaired) electrons. The molecule has 2 amide bonds. The van der Waals surface area contributed by atoms with E-state index in [0.717, 1.165) is 25.1 Å². The number of methoxy groups -OCH3 is 2. The van der Waals surface area contributed by atoms with Crippen molar-refractivity contribution in [3.8, 4) is 11.5 Å². The third-order valence-electron chi connectivity index (χ3n) is 5.22. The molecule has 144 valence electrons. The molecule has 8 heteroatoms. The smallest absolute Gasteiger partial charge is 0.321 e. The van der Waals surface area contributed by atoms with Crippen LogP contribution < -0.4 is 14.8 Å². The van der Waals surface area contributed by atoms with Crippen LogP contribution in [0, 0.1) is 0 Å². The van der Waals surface area contributed by atoms with E-state index in [2.05, 4.69) is 15.5 Å². The Hall–Kier alpha value is -2.74. The quantitative estimate of drug-likeness (QED) is 0.861. The summed E-state index contributed by atoms with van der Waals surface area (Å²) < 4.78 is 16.1. The number of benzene rings is 1. The van der Waals surface area contributed by atoms with Gasteiger partial charge in [-0.1, -0.05) is 0 Å². The van der Waals surface area contributed by atoms with Gasteiger partial charge in [0.25, 0.3) is 0 Å². The molecule has 0 saturated carbocycles. The standard InChI is InChI=1S/C19H24N4O4/c1-25-16-4-3-13(9-17(16)26-2)20-19(24)23-7-5-12(10-23)18-14-11-27-8-6-15(14)21-22-18/h3-4,9,12H,5-8,10-11H2,1-2H3,(H,20,24)(H,21,22). The molecule has 27 heavy (non-hydrogen) atoms. The second-order valence-corrected chi connectivity index (χ2v) is 6.80. The molecule has 1 fully saturated rings. The molecule has 1 atom stereocenters. The summed E-state index contributed by atoms with van der Waals surface area (Å²) in [4.78, 5) is 14.5. The van der Waals surface area contributed by atoms with Crippen molar-refractivity contribution < 1.29 is 19.0 Å². The van der Waals surface area contributed by atoms with Crippen LogP contribution in [0.25, 0.3) is 0 Å². The molecule has 0 aliphatic carbocycles. The van der Waals surface area contributed by atoms with Crippen LogP contribution in [0.2, 0.25) is 0 Å². The number of fused-ring (bicyclic) bond motifs is 1. The number of aromatic nitrogens is 2. The normalized spacial score (nSPS) is 18.9. The highest BCUT2D eigenvalue weighted by molar-refractivity contribution is 5.90. The number of hydrogen-bond donors (Lipinski definition) is 2. The van der Waals surface area contributed by atoms with Crippen molar-refractivity contribution in [3.63, 3.8) is 0 Å². The highest BCUT2D eigenvalue weighted by atomic mass is 16.5. The summed E-state index contributed by atoms with van der Waals surface area (Å²) >= 11 is 0. The zero-order chi connectivity index (χ0) is 18.8. The van der Waals surface area contributed by atoms with E-state index in [4.69, 9.17) is 14.2 Å². The number of H-pyrrole nitrogens is 1. The third kappa shape index (κ3) is 3.44. The predicted octanol–water partition coefficient (Wildman–Crippen LogP) is 2.52. The highest BCUT2D eigenvalue weighted by Gasteiger charge is 2.32. The van der Waals surface area contributed by atoms with Crippen molar-refractivity contribution in [2.45, 2.75) is 25.4 Å². The fourth-order valence-electron chi connectivity index (χ4n) is 3.76. The molecule has 1 unspecified atom stereocenters. The van der Waals surface area contributed by atoms with Crippen LogP contribution in [-0.2, 0) is 17.8 Å². The van der Waals surface area contributed by atoms with Gasteiger partial charge in [0.05, 0.1) is 33.1 Å². The lowest BCUT2D eigenvalue weighted by atomic mass is 9.98. The molecule has 2 aliphatic rings. The van der Waals surface area contributed by atoms with Crippen molar-refractivity contribution >= 4 is 11.7 Å². The molecule has 2 aromatic rings. The second-order valence-electron chi connectivity index (χ2n) is 6.80. The Morgan fingerprint density at radius 2 is 2.19 bits per heavy atom. The monoisotopic (exact) mass is 372 g/mol. The van der Waals surface area contributed by atoms with E-state index in [9.17, 15) is 4.79 Å². The van der Waals surface area contributed by atoms with Crippen molar-refractivity contribution in [1.82, 2.24) is 15.1 Å². The molecule has 0 spiro atoms. The third-order valence-corrected chi connectivity index (χ3v) is 5.22. The average molecular weight is 372 g/mol. The van der Waals surface area contributed by atoms with Gasteiger partial charge < -0.3 is 24.4 Å². The Morgan fingerprint density at radius 1 is 1.33 bits per heavy atom. The molecule has 1 aromatic heterocycles. The number of amides is 2. The Labute approximate surface area is 157 Å². The number of urea groups is 1. The Bertz CT molecular complexity index is 835. The van der Waals surface area contributed by atoms with Crippen LogP contribution in [0.3, 0.4) is 0 Å². The number of likely N-dealkylation sites (tertiary alicyclic amines) is 1. The molecular weight excluding hydrogens is 348 g/mol. The summed E-state index contributed by atoms with van der Waals surface area (Å²) in [6.07, 6.45) is 1.77. The number of hydrogen-bond acceptors (Lipinski definition) is 5. The summed E-state index contributed by atoms with van der Waals surface area (Å²) in [5.74, 6) is 1.45. The fourth-order valence-corrected chi connectivity index (χ4v) is 3.76. The first-order valence-corrected chi connectivity index (χ1v) is 9.11. The summed E-state index contributed by atoms with van der Waals surface area (Å²) in [5.41, 5.74) is 4.07. The van der Waals surface area contributed by atoms with Gasteiger partial charge >= 0.3 is 6.03 Å². The molecular formula is C19H24N4O4. The van der Waals surface area contributed by atoms with Gasteiger partial charge in [-0.2, -0.15) is 5.10 Å². The van der Waals surface area contributed by atoms with Gasteiger partial charge in [0.1, 0.15) is 0 Å². The summed E-state index contributed by atoms with van der Waals surface area (Å²) in [6.45, 7) is 2.69. The summed E-state index contributed by atoms with van der Waals surface area (Å²) in [5, 5.41) is 10.6. The Balaban J connectivity index is 1.42. The van der Waals surface area contributed by atoms with E-state index in [0.29, 0.717) is 36.9 Å². The maximum Gasteiger partial charge on any atom is 0.321 e. The number of carbonyl (C=O) groups is 1. The number of nitrogens with zero attached hydrogens (tertiary/aromatic N) is 2. The second kappa shape index (κ2) is 7.48. The lowest BCUT2D eigenvalue weighted by Crippen LogP contribution is -2.32. The number of anilines is 1. The van der Waals surface area contributed by atoms with Crippen molar-refractivity contribution in [3.05, 3.63) is 35.2 Å². The van der Waals surface area contributed by atoms with E-state index in [1.807, 2.05) is 4.90 Å². The first-order valence-electron chi connectivity index (χ1n) is 9.11. The van der Waals surface area contributed by atoms with Crippen LogP contribution in [-0.4, -0.2) is 55.0 Å². The molecule has 1 aromatic carbocycles. The van der Waals surface area contributed by atoms with E-state index in [1.54, 1.807) is 32.4 Å². The minimum Gasteiger partial charge on any atom is -0.493 e. The topological polar surface area (TPSA) is 88.7 Å². The van der Waals surface area contributed by atoms with Gasteiger partial charge in [0.2, 0.25) is 0 Å². The van der Waals surface area contributed by atoms with Crippen molar-refractivity contribution in [2.24, 2.45) is 0 Å². The van der Waals surface area contributed by atoms with Crippen LogP contribution in [0.15, 0.2) is 18.2 Å². The molecule has 2 aliphatic heterocycles. The number of ether oxygens (including phenoxy) is 3. The number of aromatic amines is 1. The van der Waals surface area contributed by atoms with Crippen molar-refractivity contribution in [1.29, 1.82) is 0 Å². The largest absolute Gasteiger partial charge is 0.493 e. The summed E-state index contributed by atoms with van der Waals surface area (Å²) in [7, 11) is 3.15. The van der Waals surface area contributed by atoms with Gasteiger partial charge in [-0.05, 0) is 18.6 Å². The molecule has 4 rings (SSSR count). The Morgan fingerprint density at radius 3 is 3.00 bits per heavy atom. The van der Waals surface area contributed by atoms with Gasteiger partial charge in [-0.25, -0.2) is 4.79 Å². The lowest BCUT2D eigenvalue weighted by Gasteiger charge is -2.18. The zero-order valence-corrected chi connectivity index (χ0v) is 15.6. The van der Waals surface area contributed by atoms with Crippen LogP contribution in [0.1, 0.15) is 29.3 Å². The molecule has 1 saturated heterocycles. The molecule has 0 bridgehead atoms. The number of nitrogens with one attached hydrogen (secondary N) is 2. The minimum atomic E-state index is -0.120. The number of carbonyl (C=O) groups excluding carboxylic acids is 1. The predicted molar refractivity (Wildman–Crippen MR) is 99.4 cm³/mol. The van der Waals surface area contributed by atoms with Crippen LogP contribution >= 0.6 is 0 Å². The maximum absolute atomic E-state index is 12.7. The SMILES string of the molecule is COc1ccc(NC(=O)N2CCC(c3n[nH]c4c3COCC4)C2)cc1OC. The van der Waals surface area contributed by atoms with Gasteiger partial charge in [-0.3, -0.25) is 5.10 Å². The number of rotatable bonds is 4. The first kappa shape index (κ1) is 17.7. The van der Waals surface area contributed by atoms with Gasteiger partial charge in [-0.15, -0.1) is 0 Å². The highest BCUT2D eigenvalue weighted by Crippen LogP contribution is 2.33. The fraction of sp³-hybridized carbons (Fsp3) is 0.474. The zero-order valence-electron chi connectivity index (χ0n) is 15.6. The Kier molecular flexibility index (Phi) is 4.89. The molecule has 2 N–H and O–H groups in total. The molecule has 3 heterocycles. The van der Waals surface area contributed by atoms with E-state index in [1.165, 1.54) is 11.3 Å². The van der Waals surface area contributed by atoms with Gasteiger partial charge in [0.15, 0.2) is 11.5 Å². The van der Waals surface area contributed by atoms with Crippen molar-refractivity contribution in [2.75, 3.05) is 39.2 Å². The van der Waals surface area contributed by atoms with E-state index >= 15 is 0 Å². The summed E-state index contributed by atoms with van der Waals surface area (Å²) in [6, 6.07) is 5.21. The van der Waals surface area contributed by atoms with E-state index < -0.39 is 0 Å². The van der Waals surface area contributed by atoms with E-state index in [-0.39, 0.29) is 11.9 Å². The average Bonchev–Trinajstić information content (AvgIpc) is 3.34. The maximum atomic E-state index is 12.7. The minimum absolute atomic E-state index is 0.120. The molecule has 8 nitrogen and oxygen atoms in total. The van der Waals surface area contributed by atoms with Gasteiger partial charge in [0, 0.05) is 48.4 Å². The lowest BCUT2D eigenvalue weighted by molar-refractivity contribution is 0.109.